The van der Waals surface area contributed by atoms with Crippen molar-refractivity contribution < 1.29 is 4.79 Å². The van der Waals surface area contributed by atoms with Crippen LogP contribution in [0.5, 0.6) is 0 Å². The molecule has 4 nitrogen and oxygen atoms in total. The van der Waals surface area contributed by atoms with E-state index in [0.29, 0.717) is 5.75 Å². The third kappa shape index (κ3) is 3.51. The van der Waals surface area contributed by atoms with Crippen molar-refractivity contribution >= 4 is 17.5 Å². The van der Waals surface area contributed by atoms with Crippen LogP contribution in [0.1, 0.15) is 21.7 Å². The van der Waals surface area contributed by atoms with Crippen molar-refractivity contribution in [3.05, 3.63) is 71.5 Å². The Morgan fingerprint density at radius 2 is 1.70 bits per heavy atom. The van der Waals surface area contributed by atoms with Crippen LogP contribution >= 0.6 is 11.8 Å². The highest BCUT2D eigenvalue weighted by molar-refractivity contribution is 7.99. The smallest absolute Gasteiger partial charge is 0.196 e. The highest BCUT2D eigenvalue weighted by Gasteiger charge is 2.14. The van der Waals surface area contributed by atoms with Gasteiger partial charge in [-0.15, -0.1) is 10.2 Å². The van der Waals surface area contributed by atoms with E-state index in [1.54, 1.807) is 0 Å². The normalized spacial score (nSPS) is 10.7. The van der Waals surface area contributed by atoms with Crippen LogP contribution in [-0.4, -0.2) is 26.3 Å². The monoisotopic (exact) mass is 323 g/mol. The largest absolute Gasteiger partial charge is 0.293 e. The van der Waals surface area contributed by atoms with E-state index in [-0.39, 0.29) is 5.78 Å². The lowest BCUT2D eigenvalue weighted by molar-refractivity contribution is 0.102. The molecule has 3 aromatic rings. The second kappa shape index (κ2) is 6.79. The number of benzene rings is 2. The van der Waals surface area contributed by atoms with Crippen molar-refractivity contribution in [2.75, 3.05) is 5.75 Å². The summed E-state index contributed by atoms with van der Waals surface area (Å²) in [4.78, 5) is 12.2. The van der Waals surface area contributed by atoms with Gasteiger partial charge in [-0.05, 0) is 26.0 Å². The van der Waals surface area contributed by atoms with Crippen molar-refractivity contribution in [3.63, 3.8) is 0 Å². The molecule has 5 heteroatoms. The van der Waals surface area contributed by atoms with Gasteiger partial charge in [0.2, 0.25) is 0 Å². The quantitative estimate of drug-likeness (QED) is 0.528. The molecule has 0 saturated heterocycles. The van der Waals surface area contributed by atoms with Crippen LogP contribution in [0, 0.1) is 13.8 Å². The highest BCUT2D eigenvalue weighted by Crippen LogP contribution is 2.23. The molecule has 1 aromatic heterocycles. The van der Waals surface area contributed by atoms with Crippen LogP contribution < -0.4 is 0 Å². The molecule has 23 heavy (non-hydrogen) atoms. The number of ketones is 1. The number of aryl methyl sites for hydroxylation is 2. The fourth-order valence-electron chi connectivity index (χ4n) is 2.26. The number of nitrogens with zero attached hydrogens (tertiary/aromatic N) is 3. The van der Waals surface area contributed by atoms with Gasteiger partial charge >= 0.3 is 0 Å². The second-order valence-electron chi connectivity index (χ2n) is 5.28. The fourth-order valence-corrected chi connectivity index (χ4v) is 3.16. The number of hydrogen-bond acceptors (Lipinski definition) is 4. The standard InChI is InChI=1S/C18H17N3OS/c1-13-8-10-16(11-9-13)21-14(2)19-20-18(21)23-12-17(22)15-6-4-3-5-7-15/h3-11H,12H2,1-2H3. The average molecular weight is 323 g/mol. The molecule has 0 fully saturated rings. The first kappa shape index (κ1) is 15.5. The summed E-state index contributed by atoms with van der Waals surface area (Å²) in [6.07, 6.45) is 0. The van der Waals surface area contributed by atoms with E-state index in [1.165, 1.54) is 17.3 Å². The molecule has 1 heterocycles. The zero-order valence-corrected chi connectivity index (χ0v) is 13.9. The number of carbonyl (C=O) groups excluding carboxylic acids is 1. The third-order valence-corrected chi connectivity index (χ3v) is 4.44. The molecule has 0 spiro atoms. The molecular formula is C18H17N3OS. The Hall–Kier alpha value is -2.40. The summed E-state index contributed by atoms with van der Waals surface area (Å²) < 4.78 is 1.97. The van der Waals surface area contributed by atoms with Crippen LogP contribution in [0.15, 0.2) is 59.8 Å². The maximum absolute atomic E-state index is 12.2. The Balaban J connectivity index is 1.79. The Morgan fingerprint density at radius 3 is 2.39 bits per heavy atom. The lowest BCUT2D eigenvalue weighted by atomic mass is 10.2. The Labute approximate surface area is 139 Å². The predicted molar refractivity (Wildman–Crippen MR) is 92.3 cm³/mol. The second-order valence-corrected chi connectivity index (χ2v) is 6.22. The van der Waals surface area contributed by atoms with E-state index in [2.05, 4.69) is 29.3 Å². The van der Waals surface area contributed by atoms with Crippen molar-refractivity contribution in [1.82, 2.24) is 14.8 Å². The van der Waals surface area contributed by atoms with Gasteiger partial charge in [-0.25, -0.2) is 0 Å². The van der Waals surface area contributed by atoms with Gasteiger partial charge in [0.25, 0.3) is 0 Å². The number of thioether (sulfide) groups is 1. The number of hydrogen-bond donors (Lipinski definition) is 0. The highest BCUT2D eigenvalue weighted by atomic mass is 32.2. The summed E-state index contributed by atoms with van der Waals surface area (Å²) in [6, 6.07) is 17.5. The van der Waals surface area contributed by atoms with Gasteiger partial charge in [-0.1, -0.05) is 59.8 Å². The number of rotatable bonds is 5. The average Bonchev–Trinajstić information content (AvgIpc) is 2.95. The van der Waals surface area contributed by atoms with Crippen LogP contribution in [0.4, 0.5) is 0 Å². The summed E-state index contributed by atoms with van der Waals surface area (Å²) in [7, 11) is 0. The Morgan fingerprint density at radius 1 is 1.00 bits per heavy atom. The molecule has 0 bridgehead atoms. The Kier molecular flexibility index (Phi) is 4.57. The molecule has 0 aliphatic heterocycles. The molecule has 0 atom stereocenters. The van der Waals surface area contributed by atoms with Crippen molar-refractivity contribution in [2.45, 2.75) is 19.0 Å². The van der Waals surface area contributed by atoms with Gasteiger partial charge in [-0.3, -0.25) is 9.36 Å². The SMILES string of the molecule is Cc1ccc(-n2c(C)nnc2SCC(=O)c2ccccc2)cc1. The number of aromatic nitrogens is 3. The maximum Gasteiger partial charge on any atom is 0.196 e. The van der Waals surface area contributed by atoms with E-state index in [0.717, 1.165) is 22.2 Å². The summed E-state index contributed by atoms with van der Waals surface area (Å²) in [6.45, 7) is 3.97. The summed E-state index contributed by atoms with van der Waals surface area (Å²) >= 11 is 1.41. The van der Waals surface area contributed by atoms with E-state index >= 15 is 0 Å². The van der Waals surface area contributed by atoms with E-state index in [4.69, 9.17) is 0 Å². The molecular weight excluding hydrogens is 306 g/mol. The van der Waals surface area contributed by atoms with Gasteiger partial charge in [0.1, 0.15) is 5.82 Å². The molecule has 0 N–H and O–H groups in total. The first-order chi connectivity index (χ1) is 11.1. The van der Waals surface area contributed by atoms with Crippen molar-refractivity contribution in [2.24, 2.45) is 0 Å². The molecule has 0 amide bonds. The minimum atomic E-state index is 0.0895. The molecule has 0 aliphatic carbocycles. The van der Waals surface area contributed by atoms with Crippen LogP contribution in [0.25, 0.3) is 5.69 Å². The lowest BCUT2D eigenvalue weighted by Gasteiger charge is -2.08. The number of carbonyl (C=O) groups is 1. The first-order valence-electron chi connectivity index (χ1n) is 7.35. The molecule has 0 unspecified atom stereocenters. The van der Waals surface area contributed by atoms with Gasteiger partial charge in [0.15, 0.2) is 10.9 Å². The maximum atomic E-state index is 12.2. The van der Waals surface area contributed by atoms with Crippen LogP contribution in [0.2, 0.25) is 0 Å². The van der Waals surface area contributed by atoms with Crippen LogP contribution in [-0.2, 0) is 0 Å². The third-order valence-electron chi connectivity index (χ3n) is 3.52. The van der Waals surface area contributed by atoms with E-state index in [1.807, 2.05) is 54.0 Å². The first-order valence-corrected chi connectivity index (χ1v) is 8.34. The molecule has 2 aromatic carbocycles. The summed E-state index contributed by atoms with van der Waals surface area (Å²) in [5.41, 5.74) is 2.93. The molecule has 116 valence electrons. The van der Waals surface area contributed by atoms with Gasteiger partial charge < -0.3 is 0 Å². The van der Waals surface area contributed by atoms with Crippen molar-refractivity contribution in [3.8, 4) is 5.69 Å². The molecule has 0 aliphatic rings. The zero-order chi connectivity index (χ0) is 16.2. The predicted octanol–water partition coefficient (Wildman–Crippen LogP) is 3.86. The molecule has 0 saturated carbocycles. The fraction of sp³-hybridized carbons (Fsp3) is 0.167. The van der Waals surface area contributed by atoms with Crippen LogP contribution in [0.3, 0.4) is 0 Å². The van der Waals surface area contributed by atoms with Gasteiger partial charge in [0.05, 0.1) is 5.75 Å². The zero-order valence-electron chi connectivity index (χ0n) is 13.1. The molecule has 3 rings (SSSR count). The molecule has 0 radical (unpaired) electrons. The summed E-state index contributed by atoms with van der Waals surface area (Å²) in [5, 5.41) is 9.08. The van der Waals surface area contributed by atoms with E-state index < -0.39 is 0 Å². The minimum absolute atomic E-state index is 0.0895. The van der Waals surface area contributed by atoms with Crippen molar-refractivity contribution in [1.29, 1.82) is 0 Å². The summed E-state index contributed by atoms with van der Waals surface area (Å²) in [5.74, 6) is 1.24. The topological polar surface area (TPSA) is 47.8 Å². The minimum Gasteiger partial charge on any atom is -0.293 e. The number of Topliss-reactive ketones (excluding diaryl/α,β-unsaturated/α-hetero) is 1. The Bertz CT molecular complexity index is 810. The van der Waals surface area contributed by atoms with Gasteiger partial charge in [0, 0.05) is 11.3 Å². The lowest BCUT2D eigenvalue weighted by Crippen LogP contribution is -2.04. The van der Waals surface area contributed by atoms with E-state index in [9.17, 15) is 4.79 Å². The van der Waals surface area contributed by atoms with Gasteiger partial charge in [-0.2, -0.15) is 0 Å².